The number of hydrogen-bond acceptors (Lipinski definition) is 5. The molecule has 2 aromatic carbocycles. The monoisotopic (exact) mass is 421 g/mol. The lowest BCUT2D eigenvalue weighted by atomic mass is 9.77. The summed E-state index contributed by atoms with van der Waals surface area (Å²) in [6, 6.07) is 15.2. The van der Waals surface area contributed by atoms with Crippen molar-refractivity contribution in [2.45, 2.75) is 25.0 Å². The predicted octanol–water partition coefficient (Wildman–Crippen LogP) is 2.89. The van der Waals surface area contributed by atoms with Gasteiger partial charge >= 0.3 is 0 Å². The van der Waals surface area contributed by atoms with E-state index in [2.05, 4.69) is 9.55 Å². The number of aromatic nitrogens is 2. The molecule has 2 aliphatic rings. The molecule has 1 aromatic heterocycles. The molecule has 0 bridgehead atoms. The van der Waals surface area contributed by atoms with Crippen LogP contribution in [0.3, 0.4) is 0 Å². The van der Waals surface area contributed by atoms with Crippen LogP contribution in [0.5, 0.6) is 11.5 Å². The zero-order valence-electron chi connectivity index (χ0n) is 17.6. The van der Waals surface area contributed by atoms with Crippen LogP contribution in [-0.2, 0) is 4.79 Å². The lowest BCUT2D eigenvalue weighted by Gasteiger charge is -2.36. The molecule has 5 rings (SSSR count). The van der Waals surface area contributed by atoms with Crippen LogP contribution in [0.25, 0.3) is 11.0 Å². The normalized spacial score (nSPS) is 25.4. The summed E-state index contributed by atoms with van der Waals surface area (Å²) in [6.07, 6.45) is 2.93. The summed E-state index contributed by atoms with van der Waals surface area (Å²) in [6.45, 7) is 1.39. The Labute approximate surface area is 181 Å². The van der Waals surface area contributed by atoms with Gasteiger partial charge in [-0.2, -0.15) is 0 Å². The van der Waals surface area contributed by atoms with Gasteiger partial charge in [0.2, 0.25) is 0 Å². The van der Waals surface area contributed by atoms with Crippen molar-refractivity contribution in [1.82, 2.24) is 14.5 Å². The fraction of sp³-hybridized carbons (Fsp3) is 0.417. The van der Waals surface area contributed by atoms with Gasteiger partial charge in [0, 0.05) is 19.2 Å². The van der Waals surface area contributed by atoms with E-state index in [9.17, 15) is 9.90 Å². The first-order valence-electron chi connectivity index (χ1n) is 10.8. The van der Waals surface area contributed by atoms with Crippen molar-refractivity contribution in [1.29, 1.82) is 0 Å². The lowest BCUT2D eigenvalue weighted by molar-refractivity contribution is -0.132. The van der Waals surface area contributed by atoms with Crippen LogP contribution in [-0.4, -0.2) is 58.4 Å². The summed E-state index contributed by atoms with van der Waals surface area (Å²) >= 11 is 0. The minimum atomic E-state index is -0.443. The number of fused-ring (bicyclic) bond motifs is 2. The van der Waals surface area contributed by atoms with Gasteiger partial charge < -0.3 is 24.0 Å². The Kier molecular flexibility index (Phi) is 5.28. The number of carbonyl (C=O) groups excluding carboxylic acids is 1. The molecule has 1 saturated heterocycles. The molecule has 1 saturated carbocycles. The number of carbonyl (C=O) groups is 1. The third-order valence-electron chi connectivity index (χ3n) is 6.70. The molecule has 3 aromatic rings. The molecule has 31 heavy (non-hydrogen) atoms. The number of hydrogen-bond donors (Lipinski definition) is 1. The van der Waals surface area contributed by atoms with Crippen LogP contribution in [0.1, 0.15) is 18.9 Å². The highest BCUT2D eigenvalue weighted by atomic mass is 16.5. The quantitative estimate of drug-likeness (QED) is 0.686. The number of para-hydroxylation sites is 2. The Balaban J connectivity index is 1.23. The van der Waals surface area contributed by atoms with E-state index in [0.717, 1.165) is 17.5 Å². The van der Waals surface area contributed by atoms with Gasteiger partial charge in [-0.1, -0.05) is 18.2 Å². The SMILES string of the molecule is COc1cccc(OCC(=O)N2C[C@H]3C[C@@H](n4cnc5ccccc54)[C@H](O)C[C@H]3C2)c1. The maximum absolute atomic E-state index is 12.8. The molecule has 2 heterocycles. The van der Waals surface area contributed by atoms with Gasteiger partial charge in [0.05, 0.1) is 36.6 Å². The summed E-state index contributed by atoms with van der Waals surface area (Å²) in [5.74, 6) is 1.99. The molecule has 1 aliphatic heterocycles. The Morgan fingerprint density at radius 1 is 1.10 bits per heavy atom. The molecule has 7 heteroatoms. The van der Waals surface area contributed by atoms with E-state index in [-0.39, 0.29) is 18.6 Å². The second-order valence-electron chi connectivity index (χ2n) is 8.53. The van der Waals surface area contributed by atoms with Gasteiger partial charge in [-0.15, -0.1) is 0 Å². The van der Waals surface area contributed by atoms with Crippen molar-refractivity contribution in [2.24, 2.45) is 11.8 Å². The molecule has 7 nitrogen and oxygen atoms in total. The standard InChI is InChI=1S/C24H27N3O4/c1-30-18-5-4-6-19(11-18)31-14-24(29)26-12-16-9-22(23(28)10-17(16)13-26)27-15-25-20-7-2-3-8-21(20)27/h2-8,11,15-17,22-23,28H,9-10,12-14H2,1H3/t16-,17+,22-,23-/m1/s1. The molecule has 0 unspecified atom stereocenters. The maximum Gasteiger partial charge on any atom is 0.260 e. The lowest BCUT2D eigenvalue weighted by Crippen LogP contribution is -2.36. The van der Waals surface area contributed by atoms with Crippen molar-refractivity contribution in [3.05, 3.63) is 54.9 Å². The second kappa shape index (κ2) is 8.23. The molecule has 1 aliphatic carbocycles. The average molecular weight is 421 g/mol. The van der Waals surface area contributed by atoms with Crippen LogP contribution >= 0.6 is 0 Å². The highest BCUT2D eigenvalue weighted by Gasteiger charge is 2.43. The number of imidazole rings is 1. The molecule has 1 N–H and O–H groups in total. The number of ether oxygens (including phenoxy) is 2. The first-order valence-corrected chi connectivity index (χ1v) is 10.8. The number of methoxy groups -OCH3 is 1. The van der Waals surface area contributed by atoms with Gasteiger partial charge in [-0.05, 0) is 48.9 Å². The second-order valence-corrected chi connectivity index (χ2v) is 8.53. The number of amides is 1. The Bertz CT molecular complexity index is 1080. The van der Waals surface area contributed by atoms with E-state index in [0.29, 0.717) is 42.8 Å². The van der Waals surface area contributed by atoms with Crippen molar-refractivity contribution >= 4 is 16.9 Å². The van der Waals surface area contributed by atoms with E-state index in [1.807, 2.05) is 53.7 Å². The largest absolute Gasteiger partial charge is 0.497 e. The van der Waals surface area contributed by atoms with E-state index in [1.165, 1.54) is 0 Å². The molecule has 0 radical (unpaired) electrons. The van der Waals surface area contributed by atoms with Gasteiger partial charge in [-0.3, -0.25) is 4.79 Å². The number of benzene rings is 2. The third-order valence-corrected chi connectivity index (χ3v) is 6.70. The van der Waals surface area contributed by atoms with Crippen molar-refractivity contribution < 1.29 is 19.4 Å². The average Bonchev–Trinajstić information content (AvgIpc) is 3.41. The number of rotatable bonds is 5. The fourth-order valence-electron chi connectivity index (χ4n) is 5.08. The number of likely N-dealkylation sites (tertiary alicyclic amines) is 1. The number of aliphatic hydroxyl groups excluding tert-OH is 1. The highest BCUT2D eigenvalue weighted by Crippen LogP contribution is 2.42. The summed E-state index contributed by atoms with van der Waals surface area (Å²) in [5.41, 5.74) is 1.98. The van der Waals surface area contributed by atoms with E-state index in [1.54, 1.807) is 13.2 Å². The van der Waals surface area contributed by atoms with Gasteiger partial charge in [0.25, 0.3) is 5.91 Å². The summed E-state index contributed by atoms with van der Waals surface area (Å²) in [7, 11) is 1.60. The molecule has 0 spiro atoms. The molecular weight excluding hydrogens is 394 g/mol. The smallest absolute Gasteiger partial charge is 0.260 e. The van der Waals surface area contributed by atoms with Gasteiger partial charge in [-0.25, -0.2) is 4.98 Å². The molecule has 2 fully saturated rings. The Morgan fingerprint density at radius 2 is 1.87 bits per heavy atom. The summed E-state index contributed by atoms with van der Waals surface area (Å²) < 4.78 is 13.0. The number of nitrogens with zero attached hydrogens (tertiary/aromatic N) is 3. The van der Waals surface area contributed by atoms with Crippen LogP contribution in [0, 0.1) is 11.8 Å². The summed E-state index contributed by atoms with van der Waals surface area (Å²) in [4.78, 5) is 19.1. The molecule has 4 atom stereocenters. The Morgan fingerprint density at radius 3 is 2.71 bits per heavy atom. The predicted molar refractivity (Wildman–Crippen MR) is 116 cm³/mol. The van der Waals surface area contributed by atoms with Crippen LogP contribution in [0.4, 0.5) is 0 Å². The third kappa shape index (κ3) is 3.85. The maximum atomic E-state index is 12.8. The zero-order chi connectivity index (χ0) is 21.4. The number of aliphatic hydroxyl groups is 1. The first kappa shape index (κ1) is 19.9. The minimum absolute atomic E-state index is 0.00471. The zero-order valence-corrected chi connectivity index (χ0v) is 17.6. The van der Waals surface area contributed by atoms with Crippen LogP contribution in [0.2, 0.25) is 0 Å². The summed E-state index contributed by atoms with van der Waals surface area (Å²) in [5, 5.41) is 10.9. The van der Waals surface area contributed by atoms with Crippen LogP contribution in [0.15, 0.2) is 54.9 Å². The van der Waals surface area contributed by atoms with Gasteiger partial charge in [0.15, 0.2) is 6.61 Å². The van der Waals surface area contributed by atoms with E-state index < -0.39 is 6.10 Å². The molecule has 1 amide bonds. The molecule has 162 valence electrons. The minimum Gasteiger partial charge on any atom is -0.497 e. The topological polar surface area (TPSA) is 76.8 Å². The van der Waals surface area contributed by atoms with Crippen molar-refractivity contribution in [2.75, 3.05) is 26.8 Å². The van der Waals surface area contributed by atoms with E-state index >= 15 is 0 Å². The van der Waals surface area contributed by atoms with Crippen molar-refractivity contribution in [3.63, 3.8) is 0 Å². The highest BCUT2D eigenvalue weighted by molar-refractivity contribution is 5.78. The van der Waals surface area contributed by atoms with E-state index in [4.69, 9.17) is 9.47 Å². The molecular formula is C24H27N3O4. The van der Waals surface area contributed by atoms with Crippen LogP contribution < -0.4 is 9.47 Å². The van der Waals surface area contributed by atoms with Gasteiger partial charge in [0.1, 0.15) is 11.5 Å². The van der Waals surface area contributed by atoms with Crippen molar-refractivity contribution in [3.8, 4) is 11.5 Å². The fourth-order valence-corrected chi connectivity index (χ4v) is 5.08. The first-order chi connectivity index (χ1) is 15.1. The Hall–Kier alpha value is -3.06.